The molecule has 0 bridgehead atoms. The van der Waals surface area contributed by atoms with Crippen molar-refractivity contribution in [1.29, 1.82) is 0 Å². The number of aryl methyl sites for hydroxylation is 1. The number of likely N-dealkylation sites (N-methyl/N-ethyl adjacent to an activating group) is 1. The predicted molar refractivity (Wildman–Crippen MR) is 111 cm³/mol. The summed E-state index contributed by atoms with van der Waals surface area (Å²) in [6.07, 6.45) is 1.84. The van der Waals surface area contributed by atoms with E-state index in [1.165, 1.54) is 0 Å². The summed E-state index contributed by atoms with van der Waals surface area (Å²) in [6, 6.07) is 11.8. The number of nitrogens with zero attached hydrogens (tertiary/aromatic N) is 2. The molecule has 0 radical (unpaired) electrons. The molecule has 4 rings (SSSR count). The van der Waals surface area contributed by atoms with E-state index in [2.05, 4.69) is 34.0 Å². The molecule has 5 nitrogen and oxygen atoms in total. The van der Waals surface area contributed by atoms with Crippen molar-refractivity contribution < 1.29 is 4.74 Å². The van der Waals surface area contributed by atoms with E-state index in [1.54, 1.807) is 7.11 Å². The Balaban J connectivity index is 1.83. The number of nitrogens with one attached hydrogen (secondary N) is 1. The predicted octanol–water partition coefficient (Wildman–Crippen LogP) is 3.26. The molecule has 1 aromatic heterocycles. The van der Waals surface area contributed by atoms with E-state index in [0.29, 0.717) is 5.56 Å². The Bertz CT molecular complexity index is 1020. The molecule has 5 heteroatoms. The Morgan fingerprint density at radius 1 is 1.00 bits per heavy atom. The molecule has 0 amide bonds. The molecule has 1 aliphatic heterocycles. The van der Waals surface area contributed by atoms with Crippen molar-refractivity contribution in [3.8, 4) is 16.9 Å². The number of piperazine rings is 1. The van der Waals surface area contributed by atoms with Gasteiger partial charge in [0.05, 0.1) is 23.7 Å². The van der Waals surface area contributed by atoms with Gasteiger partial charge in [0.15, 0.2) is 5.43 Å². The second-order valence-corrected chi connectivity index (χ2v) is 7.20. The normalized spacial score (nSPS) is 15.3. The Morgan fingerprint density at radius 3 is 2.37 bits per heavy atom. The van der Waals surface area contributed by atoms with Gasteiger partial charge in [-0.05, 0) is 43.3 Å². The first-order chi connectivity index (χ1) is 13.1. The van der Waals surface area contributed by atoms with Gasteiger partial charge in [0.2, 0.25) is 0 Å². The van der Waals surface area contributed by atoms with Crippen LogP contribution in [0.3, 0.4) is 0 Å². The number of aromatic amines is 1. The quantitative estimate of drug-likeness (QED) is 0.776. The number of rotatable bonds is 3. The van der Waals surface area contributed by atoms with Gasteiger partial charge in [-0.15, -0.1) is 0 Å². The maximum atomic E-state index is 13.3. The fourth-order valence-corrected chi connectivity index (χ4v) is 3.77. The van der Waals surface area contributed by atoms with Crippen LogP contribution in [0.5, 0.6) is 5.75 Å². The molecule has 2 heterocycles. The van der Waals surface area contributed by atoms with Gasteiger partial charge in [0, 0.05) is 37.9 Å². The first-order valence-electron chi connectivity index (χ1n) is 9.31. The summed E-state index contributed by atoms with van der Waals surface area (Å²) in [6.45, 7) is 6.00. The molecule has 1 N–H and O–H groups in total. The Hall–Kier alpha value is -2.79. The summed E-state index contributed by atoms with van der Waals surface area (Å²) in [5.41, 5.74) is 4.69. The second-order valence-electron chi connectivity index (χ2n) is 7.20. The van der Waals surface area contributed by atoms with Gasteiger partial charge in [0.25, 0.3) is 0 Å². The summed E-state index contributed by atoms with van der Waals surface area (Å²) in [7, 11) is 3.79. The number of anilines is 1. The Morgan fingerprint density at radius 2 is 1.70 bits per heavy atom. The summed E-state index contributed by atoms with van der Waals surface area (Å²) in [5.74, 6) is 0.782. The molecule has 140 valence electrons. The van der Waals surface area contributed by atoms with E-state index < -0.39 is 0 Å². The summed E-state index contributed by atoms with van der Waals surface area (Å²) < 4.78 is 5.22. The number of aromatic nitrogens is 1. The van der Waals surface area contributed by atoms with Crippen LogP contribution < -0.4 is 15.1 Å². The Kier molecular flexibility index (Phi) is 4.62. The first-order valence-corrected chi connectivity index (χ1v) is 9.31. The lowest BCUT2D eigenvalue weighted by Gasteiger charge is -2.34. The van der Waals surface area contributed by atoms with Gasteiger partial charge in [-0.25, -0.2) is 0 Å². The summed E-state index contributed by atoms with van der Waals surface area (Å²) in [4.78, 5) is 21.4. The highest BCUT2D eigenvalue weighted by Gasteiger charge is 2.19. The van der Waals surface area contributed by atoms with Gasteiger partial charge in [0.1, 0.15) is 5.75 Å². The highest BCUT2D eigenvalue weighted by Crippen LogP contribution is 2.29. The van der Waals surface area contributed by atoms with Crippen molar-refractivity contribution in [2.24, 2.45) is 0 Å². The molecule has 0 unspecified atom stereocenters. The zero-order chi connectivity index (χ0) is 19.0. The molecule has 0 spiro atoms. The fourth-order valence-electron chi connectivity index (χ4n) is 3.77. The number of benzene rings is 2. The monoisotopic (exact) mass is 363 g/mol. The third-order valence-corrected chi connectivity index (χ3v) is 5.47. The molecular formula is C22H25N3O2. The average molecular weight is 363 g/mol. The average Bonchev–Trinajstić information content (AvgIpc) is 2.69. The molecule has 1 fully saturated rings. The number of pyridine rings is 1. The minimum absolute atomic E-state index is 0.0717. The lowest BCUT2D eigenvalue weighted by atomic mass is 10.0. The molecule has 1 aliphatic rings. The van der Waals surface area contributed by atoms with Crippen LogP contribution in [0.1, 0.15) is 5.56 Å². The maximum absolute atomic E-state index is 13.3. The number of methoxy groups -OCH3 is 1. The Labute approximate surface area is 159 Å². The van der Waals surface area contributed by atoms with E-state index in [9.17, 15) is 4.79 Å². The highest BCUT2D eigenvalue weighted by molar-refractivity contribution is 5.95. The van der Waals surface area contributed by atoms with Crippen molar-refractivity contribution in [2.75, 3.05) is 45.2 Å². The van der Waals surface area contributed by atoms with Crippen LogP contribution >= 0.6 is 0 Å². The van der Waals surface area contributed by atoms with Gasteiger partial charge in [-0.2, -0.15) is 0 Å². The van der Waals surface area contributed by atoms with Gasteiger partial charge in [-0.1, -0.05) is 18.2 Å². The summed E-state index contributed by atoms with van der Waals surface area (Å²) in [5, 5.41) is 0.778. The van der Waals surface area contributed by atoms with E-state index >= 15 is 0 Å². The lowest BCUT2D eigenvalue weighted by Crippen LogP contribution is -2.44. The molecule has 0 saturated carbocycles. The third-order valence-electron chi connectivity index (χ3n) is 5.47. The largest absolute Gasteiger partial charge is 0.497 e. The number of H-pyrrole nitrogens is 1. The van der Waals surface area contributed by atoms with Crippen LogP contribution in [0, 0.1) is 6.92 Å². The molecule has 27 heavy (non-hydrogen) atoms. The topological polar surface area (TPSA) is 48.6 Å². The first kappa shape index (κ1) is 17.6. The van der Waals surface area contributed by atoms with E-state index in [4.69, 9.17) is 4.74 Å². The molecular weight excluding hydrogens is 338 g/mol. The molecule has 0 atom stereocenters. The van der Waals surface area contributed by atoms with Crippen LogP contribution in [0.25, 0.3) is 22.0 Å². The van der Waals surface area contributed by atoms with Crippen molar-refractivity contribution in [1.82, 2.24) is 9.88 Å². The van der Waals surface area contributed by atoms with Crippen LogP contribution in [0.4, 0.5) is 5.69 Å². The molecule has 0 aliphatic carbocycles. The van der Waals surface area contributed by atoms with E-state index in [-0.39, 0.29) is 5.43 Å². The standard InChI is InChI=1S/C22H25N3O2/c1-15-4-9-19(25-12-10-24(2)11-13-25)21-20(15)22(26)18(14-23-21)16-5-7-17(27-3)8-6-16/h4-9,14H,10-13H2,1-3H3,(H,23,26). The molecule has 2 aromatic carbocycles. The second kappa shape index (κ2) is 7.08. The van der Waals surface area contributed by atoms with Crippen LogP contribution in [-0.4, -0.2) is 50.2 Å². The van der Waals surface area contributed by atoms with Crippen molar-refractivity contribution >= 4 is 16.6 Å². The van der Waals surface area contributed by atoms with Crippen LogP contribution in [-0.2, 0) is 0 Å². The van der Waals surface area contributed by atoms with Gasteiger partial charge >= 0.3 is 0 Å². The summed E-state index contributed by atoms with van der Waals surface area (Å²) >= 11 is 0. The lowest BCUT2D eigenvalue weighted by molar-refractivity contribution is 0.313. The van der Waals surface area contributed by atoms with Crippen LogP contribution in [0.15, 0.2) is 47.4 Å². The highest BCUT2D eigenvalue weighted by atomic mass is 16.5. The number of hydrogen-bond acceptors (Lipinski definition) is 4. The smallest absolute Gasteiger partial charge is 0.197 e. The SMILES string of the molecule is COc1ccc(-c2c[nH]c3c(N4CCN(C)CC4)ccc(C)c3c2=O)cc1. The van der Waals surface area contributed by atoms with E-state index in [1.807, 2.05) is 37.4 Å². The minimum atomic E-state index is 0.0717. The number of ether oxygens (including phenoxy) is 1. The zero-order valence-electron chi connectivity index (χ0n) is 16.1. The van der Waals surface area contributed by atoms with Crippen molar-refractivity contribution in [3.05, 3.63) is 58.4 Å². The fraction of sp³-hybridized carbons (Fsp3) is 0.318. The van der Waals surface area contributed by atoms with Crippen LogP contribution in [0.2, 0.25) is 0 Å². The minimum Gasteiger partial charge on any atom is -0.497 e. The van der Waals surface area contributed by atoms with Crippen molar-refractivity contribution in [2.45, 2.75) is 6.92 Å². The third kappa shape index (κ3) is 3.19. The van der Waals surface area contributed by atoms with Gasteiger partial charge in [-0.3, -0.25) is 4.79 Å². The molecule has 1 saturated heterocycles. The number of fused-ring (bicyclic) bond motifs is 1. The number of hydrogen-bond donors (Lipinski definition) is 1. The zero-order valence-corrected chi connectivity index (χ0v) is 16.1. The van der Waals surface area contributed by atoms with E-state index in [0.717, 1.165) is 59.6 Å². The molecule has 3 aromatic rings. The van der Waals surface area contributed by atoms with Crippen molar-refractivity contribution in [3.63, 3.8) is 0 Å². The van der Waals surface area contributed by atoms with Gasteiger partial charge < -0.3 is 19.5 Å². The maximum Gasteiger partial charge on any atom is 0.197 e.